The number of rotatable bonds is 4. The zero-order valence-electron chi connectivity index (χ0n) is 14.0. The van der Waals surface area contributed by atoms with Gasteiger partial charge in [-0.3, -0.25) is 0 Å². The van der Waals surface area contributed by atoms with Crippen LogP contribution in [0.4, 0.5) is 0 Å². The predicted octanol–water partition coefficient (Wildman–Crippen LogP) is 0.622. The summed E-state index contributed by atoms with van der Waals surface area (Å²) in [6, 6.07) is 1.92. The Hall–Kier alpha value is -2.51. The third-order valence-electron chi connectivity index (χ3n) is 4.08. The van der Waals surface area contributed by atoms with E-state index in [4.69, 9.17) is 10.00 Å². The molecule has 0 aliphatic carbocycles. The van der Waals surface area contributed by atoms with Crippen molar-refractivity contribution in [3.05, 3.63) is 30.1 Å². The third kappa shape index (κ3) is 3.47. The molecule has 0 bridgehead atoms. The van der Waals surface area contributed by atoms with Gasteiger partial charge in [-0.2, -0.15) is 9.57 Å². The van der Waals surface area contributed by atoms with Crippen LogP contribution in [0.25, 0.3) is 0 Å². The number of hydrogen-bond acceptors (Lipinski definition) is 7. The van der Waals surface area contributed by atoms with Crippen molar-refractivity contribution in [1.29, 1.82) is 5.26 Å². The largest absolute Gasteiger partial charge is 0.471 e. The number of hydrogen-bond donors (Lipinski definition) is 0. The zero-order chi connectivity index (χ0) is 18.0. The van der Waals surface area contributed by atoms with Crippen LogP contribution in [0.3, 0.4) is 0 Å². The molecule has 0 saturated carbocycles. The van der Waals surface area contributed by atoms with Crippen molar-refractivity contribution in [2.24, 2.45) is 7.05 Å². The van der Waals surface area contributed by atoms with Gasteiger partial charge in [0.2, 0.25) is 5.69 Å². The summed E-state index contributed by atoms with van der Waals surface area (Å²) in [6.45, 7) is 2.33. The average molecular weight is 362 g/mol. The second-order valence-electron chi connectivity index (χ2n) is 5.80. The molecule has 1 aliphatic rings. The fourth-order valence-electron chi connectivity index (χ4n) is 2.65. The van der Waals surface area contributed by atoms with E-state index in [-0.39, 0.29) is 23.1 Å². The normalized spacial score (nSPS) is 18.7. The van der Waals surface area contributed by atoms with Crippen LogP contribution in [0, 0.1) is 18.3 Å². The van der Waals surface area contributed by atoms with E-state index in [1.165, 1.54) is 22.9 Å². The Labute approximate surface area is 146 Å². The van der Waals surface area contributed by atoms with E-state index in [0.717, 1.165) is 0 Å². The first-order chi connectivity index (χ1) is 11.9. The predicted molar refractivity (Wildman–Crippen MR) is 87.1 cm³/mol. The SMILES string of the molecule is Cc1nc(S(=O)(=O)N2CCC[C@@H](Oc3nccnc3C#N)C2)cn1C. The van der Waals surface area contributed by atoms with E-state index in [9.17, 15) is 8.42 Å². The molecule has 3 heterocycles. The lowest BCUT2D eigenvalue weighted by atomic mass is 10.1. The van der Waals surface area contributed by atoms with Crippen molar-refractivity contribution in [2.75, 3.05) is 13.1 Å². The molecule has 0 radical (unpaired) electrons. The van der Waals surface area contributed by atoms with Crippen LogP contribution in [-0.4, -0.2) is 51.4 Å². The molecule has 0 unspecified atom stereocenters. The molecule has 10 heteroatoms. The minimum Gasteiger partial charge on any atom is -0.471 e. The molecule has 132 valence electrons. The number of nitrogens with zero attached hydrogens (tertiary/aromatic N) is 6. The first-order valence-electron chi connectivity index (χ1n) is 7.79. The number of imidazole rings is 1. The summed E-state index contributed by atoms with van der Waals surface area (Å²) in [6.07, 6.45) is 5.28. The lowest BCUT2D eigenvalue weighted by Crippen LogP contribution is -2.44. The Morgan fingerprint density at radius 3 is 2.80 bits per heavy atom. The molecule has 2 aromatic heterocycles. The quantitative estimate of drug-likeness (QED) is 0.783. The molecule has 1 atom stereocenters. The lowest BCUT2D eigenvalue weighted by Gasteiger charge is -2.31. The lowest BCUT2D eigenvalue weighted by molar-refractivity contribution is 0.123. The average Bonchev–Trinajstić information content (AvgIpc) is 2.95. The molecule has 25 heavy (non-hydrogen) atoms. The van der Waals surface area contributed by atoms with Crippen molar-refractivity contribution < 1.29 is 13.2 Å². The summed E-state index contributed by atoms with van der Waals surface area (Å²) < 4.78 is 34.4. The Morgan fingerprint density at radius 2 is 2.12 bits per heavy atom. The van der Waals surface area contributed by atoms with Gasteiger partial charge in [0.1, 0.15) is 18.0 Å². The molecule has 0 aromatic carbocycles. The van der Waals surface area contributed by atoms with Crippen LogP contribution < -0.4 is 4.74 Å². The number of aromatic nitrogens is 4. The maximum Gasteiger partial charge on any atom is 0.262 e. The number of ether oxygens (including phenoxy) is 1. The van der Waals surface area contributed by atoms with Gasteiger partial charge in [-0.1, -0.05) is 0 Å². The molecule has 0 spiro atoms. The fourth-order valence-corrected chi connectivity index (χ4v) is 4.18. The number of piperidine rings is 1. The monoisotopic (exact) mass is 362 g/mol. The van der Waals surface area contributed by atoms with Gasteiger partial charge in [0.15, 0.2) is 5.03 Å². The molecule has 0 N–H and O–H groups in total. The van der Waals surface area contributed by atoms with Crippen LogP contribution in [0.5, 0.6) is 5.88 Å². The van der Waals surface area contributed by atoms with Gasteiger partial charge >= 0.3 is 0 Å². The van der Waals surface area contributed by atoms with Crippen molar-refractivity contribution in [2.45, 2.75) is 30.9 Å². The van der Waals surface area contributed by atoms with E-state index < -0.39 is 16.1 Å². The summed E-state index contributed by atoms with van der Waals surface area (Å²) >= 11 is 0. The number of aryl methyl sites for hydroxylation is 2. The molecular formula is C15H18N6O3S. The second-order valence-corrected chi connectivity index (χ2v) is 7.69. The summed E-state index contributed by atoms with van der Waals surface area (Å²) in [5.74, 6) is 0.754. The smallest absolute Gasteiger partial charge is 0.262 e. The van der Waals surface area contributed by atoms with Gasteiger partial charge in [-0.05, 0) is 19.8 Å². The third-order valence-corrected chi connectivity index (χ3v) is 5.82. The van der Waals surface area contributed by atoms with Gasteiger partial charge in [-0.15, -0.1) is 0 Å². The van der Waals surface area contributed by atoms with Crippen molar-refractivity contribution in [1.82, 2.24) is 23.8 Å². The Bertz CT molecular complexity index is 898. The second kappa shape index (κ2) is 6.78. The first kappa shape index (κ1) is 17.3. The highest BCUT2D eigenvalue weighted by Crippen LogP contribution is 2.23. The molecule has 3 rings (SSSR count). The molecule has 2 aromatic rings. The minimum atomic E-state index is -3.68. The van der Waals surface area contributed by atoms with Crippen LogP contribution >= 0.6 is 0 Å². The van der Waals surface area contributed by atoms with Crippen LogP contribution in [0.15, 0.2) is 23.6 Å². The zero-order valence-corrected chi connectivity index (χ0v) is 14.8. The van der Waals surface area contributed by atoms with Gasteiger partial charge in [-0.25, -0.2) is 23.4 Å². The minimum absolute atomic E-state index is 0.0327. The van der Waals surface area contributed by atoms with E-state index in [1.807, 2.05) is 6.07 Å². The maximum absolute atomic E-state index is 12.8. The molecule has 1 aliphatic heterocycles. The molecule has 9 nitrogen and oxygen atoms in total. The van der Waals surface area contributed by atoms with Gasteiger partial charge in [0, 0.05) is 32.2 Å². The van der Waals surface area contributed by atoms with Crippen LogP contribution in [0.1, 0.15) is 24.4 Å². The highest BCUT2D eigenvalue weighted by atomic mass is 32.2. The van der Waals surface area contributed by atoms with Crippen LogP contribution in [0.2, 0.25) is 0 Å². The van der Waals surface area contributed by atoms with Crippen LogP contribution in [-0.2, 0) is 17.1 Å². The maximum atomic E-state index is 12.8. The summed E-state index contributed by atoms with van der Waals surface area (Å²) in [5.41, 5.74) is 0.0860. The van der Waals surface area contributed by atoms with E-state index >= 15 is 0 Å². The number of nitriles is 1. The highest BCUT2D eigenvalue weighted by molar-refractivity contribution is 7.89. The van der Waals surface area contributed by atoms with E-state index in [2.05, 4.69) is 15.0 Å². The Kier molecular flexibility index (Phi) is 4.69. The number of sulfonamides is 1. The van der Waals surface area contributed by atoms with Crippen molar-refractivity contribution in [3.8, 4) is 11.9 Å². The highest BCUT2D eigenvalue weighted by Gasteiger charge is 2.33. The summed E-state index contributed by atoms with van der Waals surface area (Å²) in [7, 11) is -1.93. The molecule has 1 fully saturated rings. The fraction of sp³-hybridized carbons (Fsp3) is 0.467. The molecule has 0 amide bonds. The van der Waals surface area contributed by atoms with Gasteiger partial charge in [0.25, 0.3) is 15.9 Å². The Balaban J connectivity index is 1.78. The summed E-state index contributed by atoms with van der Waals surface area (Å²) in [4.78, 5) is 12.0. The van der Waals surface area contributed by atoms with Crippen molar-refractivity contribution >= 4 is 10.0 Å². The summed E-state index contributed by atoms with van der Waals surface area (Å²) in [5, 5.41) is 9.09. The van der Waals surface area contributed by atoms with Crippen molar-refractivity contribution in [3.63, 3.8) is 0 Å². The molecular weight excluding hydrogens is 344 g/mol. The van der Waals surface area contributed by atoms with Gasteiger partial charge in [0.05, 0.1) is 6.54 Å². The van der Waals surface area contributed by atoms with E-state index in [0.29, 0.717) is 25.2 Å². The first-order valence-corrected chi connectivity index (χ1v) is 9.23. The molecule has 1 saturated heterocycles. The Morgan fingerprint density at radius 1 is 1.36 bits per heavy atom. The standard InChI is InChI=1S/C15H18N6O3S/c1-11-19-14(10-20(11)2)25(22,23)21-7-3-4-12(9-21)24-15-13(8-16)17-5-6-18-15/h5-6,10,12H,3-4,7,9H2,1-2H3/t12-/m1/s1. The topological polar surface area (TPSA) is 114 Å². The van der Waals surface area contributed by atoms with E-state index in [1.54, 1.807) is 18.5 Å². The van der Waals surface area contributed by atoms with Gasteiger partial charge < -0.3 is 9.30 Å².